The lowest BCUT2D eigenvalue weighted by Crippen LogP contribution is -2.13. The lowest BCUT2D eigenvalue weighted by atomic mass is 10.2. The Labute approximate surface area is 187 Å². The lowest BCUT2D eigenvalue weighted by molar-refractivity contribution is 0.102. The second-order valence-corrected chi connectivity index (χ2v) is 8.63. The summed E-state index contributed by atoms with van der Waals surface area (Å²) in [7, 11) is 0. The Kier molecular flexibility index (Phi) is 5.38. The zero-order valence-corrected chi connectivity index (χ0v) is 18.7. The van der Waals surface area contributed by atoms with E-state index in [1.807, 2.05) is 30.3 Å². The Morgan fingerprint density at radius 1 is 1.00 bits per heavy atom. The number of hydrogen-bond donors (Lipinski definition) is 1. The molecule has 4 aromatic rings. The predicted molar refractivity (Wildman–Crippen MR) is 124 cm³/mol. The van der Waals surface area contributed by atoms with E-state index in [9.17, 15) is 4.79 Å². The maximum Gasteiger partial charge on any atom is 0.256 e. The minimum atomic E-state index is -0.154. The standard InChI is InChI=1S/C20H11ClI2N2O2/c21-12-3-1-11(2-4-12)20-25-17-10-14(6-8-18(17)27-20)24-19(26)15-9-13(22)5-7-16(15)23/h1-10H,(H,24,26). The number of fused-ring (bicyclic) bond motifs is 1. The van der Waals surface area contributed by atoms with Crippen LogP contribution in [0.3, 0.4) is 0 Å². The number of benzene rings is 3. The van der Waals surface area contributed by atoms with Crippen LogP contribution in [0.4, 0.5) is 5.69 Å². The van der Waals surface area contributed by atoms with Gasteiger partial charge in [-0.1, -0.05) is 11.6 Å². The molecule has 0 bridgehead atoms. The first-order chi connectivity index (χ1) is 13.0. The van der Waals surface area contributed by atoms with E-state index in [4.69, 9.17) is 16.0 Å². The summed E-state index contributed by atoms with van der Waals surface area (Å²) in [4.78, 5) is 17.1. The molecule has 1 amide bonds. The molecule has 3 aromatic carbocycles. The average Bonchev–Trinajstić information content (AvgIpc) is 3.07. The average molecular weight is 601 g/mol. The minimum Gasteiger partial charge on any atom is -0.436 e. The van der Waals surface area contributed by atoms with E-state index >= 15 is 0 Å². The number of hydrogen-bond acceptors (Lipinski definition) is 3. The fourth-order valence-corrected chi connectivity index (χ4v) is 3.79. The van der Waals surface area contributed by atoms with Crippen molar-refractivity contribution in [2.75, 3.05) is 5.32 Å². The van der Waals surface area contributed by atoms with Gasteiger partial charge in [0.05, 0.1) is 5.56 Å². The number of carbonyl (C=O) groups is 1. The highest BCUT2D eigenvalue weighted by atomic mass is 127. The van der Waals surface area contributed by atoms with Crippen molar-refractivity contribution in [3.05, 3.63) is 78.4 Å². The predicted octanol–water partition coefficient (Wildman–Crippen LogP) is 6.61. The van der Waals surface area contributed by atoms with Gasteiger partial charge in [0, 0.05) is 23.4 Å². The van der Waals surface area contributed by atoms with E-state index in [1.165, 1.54) is 0 Å². The van der Waals surface area contributed by atoms with Gasteiger partial charge in [0.1, 0.15) is 5.52 Å². The SMILES string of the molecule is O=C(Nc1ccc2oc(-c3ccc(Cl)cc3)nc2c1)c1cc(I)ccc1I. The second kappa shape index (κ2) is 7.76. The number of nitrogens with one attached hydrogen (secondary N) is 1. The van der Waals surface area contributed by atoms with Gasteiger partial charge in [-0.25, -0.2) is 4.98 Å². The van der Waals surface area contributed by atoms with Crippen LogP contribution >= 0.6 is 56.8 Å². The molecule has 0 spiro atoms. The van der Waals surface area contributed by atoms with Crippen LogP contribution in [0.1, 0.15) is 10.4 Å². The van der Waals surface area contributed by atoms with Crippen LogP contribution in [0, 0.1) is 7.14 Å². The molecule has 1 aromatic heterocycles. The largest absolute Gasteiger partial charge is 0.436 e. The highest BCUT2D eigenvalue weighted by Gasteiger charge is 2.13. The lowest BCUT2D eigenvalue weighted by Gasteiger charge is -2.07. The minimum absolute atomic E-state index is 0.154. The number of amides is 1. The molecule has 27 heavy (non-hydrogen) atoms. The summed E-state index contributed by atoms with van der Waals surface area (Å²) in [5, 5.41) is 3.59. The molecule has 7 heteroatoms. The Morgan fingerprint density at radius 3 is 2.56 bits per heavy atom. The number of carbonyl (C=O) groups excluding carboxylic acids is 1. The van der Waals surface area contributed by atoms with Gasteiger partial charge in [-0.15, -0.1) is 0 Å². The molecule has 0 aliphatic rings. The van der Waals surface area contributed by atoms with Crippen molar-refractivity contribution in [3.8, 4) is 11.5 Å². The summed E-state index contributed by atoms with van der Waals surface area (Å²) in [5.74, 6) is 0.357. The first kappa shape index (κ1) is 18.7. The molecule has 4 rings (SSSR count). The summed E-state index contributed by atoms with van der Waals surface area (Å²) >= 11 is 10.3. The Hall–Kier alpha value is -1.65. The van der Waals surface area contributed by atoms with Crippen molar-refractivity contribution >= 4 is 79.5 Å². The van der Waals surface area contributed by atoms with Crippen molar-refractivity contribution in [2.45, 2.75) is 0 Å². The summed E-state index contributed by atoms with van der Waals surface area (Å²) < 4.78 is 7.72. The summed E-state index contributed by atoms with van der Waals surface area (Å²) in [6, 6.07) is 18.5. The summed E-state index contributed by atoms with van der Waals surface area (Å²) in [5.41, 5.74) is 3.48. The first-order valence-electron chi connectivity index (χ1n) is 7.92. The molecule has 1 N–H and O–H groups in total. The molecule has 0 saturated carbocycles. The molecular weight excluding hydrogens is 589 g/mol. The summed E-state index contributed by atoms with van der Waals surface area (Å²) in [6.45, 7) is 0. The molecule has 0 aliphatic carbocycles. The quantitative estimate of drug-likeness (QED) is 0.270. The van der Waals surface area contributed by atoms with Crippen LogP contribution < -0.4 is 5.32 Å². The molecule has 0 saturated heterocycles. The number of nitrogens with zero attached hydrogens (tertiary/aromatic N) is 1. The maximum atomic E-state index is 12.6. The fourth-order valence-electron chi connectivity index (χ4n) is 2.59. The number of aromatic nitrogens is 1. The molecule has 0 fully saturated rings. The topological polar surface area (TPSA) is 55.1 Å². The van der Waals surface area contributed by atoms with E-state index < -0.39 is 0 Å². The van der Waals surface area contributed by atoms with Crippen molar-refractivity contribution in [2.24, 2.45) is 0 Å². The number of rotatable bonds is 3. The molecule has 0 atom stereocenters. The van der Waals surface area contributed by atoms with E-state index in [0.717, 1.165) is 12.7 Å². The normalized spacial score (nSPS) is 10.9. The van der Waals surface area contributed by atoms with Gasteiger partial charge in [0.2, 0.25) is 5.89 Å². The summed E-state index contributed by atoms with van der Waals surface area (Å²) in [6.07, 6.45) is 0. The third kappa shape index (κ3) is 4.12. The molecule has 134 valence electrons. The number of anilines is 1. The van der Waals surface area contributed by atoms with Gasteiger partial charge >= 0.3 is 0 Å². The van der Waals surface area contributed by atoms with Crippen LogP contribution in [0.5, 0.6) is 0 Å². The van der Waals surface area contributed by atoms with Gasteiger partial charge < -0.3 is 9.73 Å². The maximum absolute atomic E-state index is 12.6. The van der Waals surface area contributed by atoms with Crippen LogP contribution in [0.15, 0.2) is 65.1 Å². The van der Waals surface area contributed by atoms with E-state index in [0.29, 0.717) is 33.3 Å². The second-order valence-electron chi connectivity index (χ2n) is 5.79. The van der Waals surface area contributed by atoms with Crippen LogP contribution in [0.2, 0.25) is 5.02 Å². The number of oxazole rings is 1. The highest BCUT2D eigenvalue weighted by Crippen LogP contribution is 2.27. The van der Waals surface area contributed by atoms with E-state index in [1.54, 1.807) is 30.3 Å². The fraction of sp³-hybridized carbons (Fsp3) is 0. The van der Waals surface area contributed by atoms with Crippen molar-refractivity contribution in [3.63, 3.8) is 0 Å². The molecular formula is C20H11ClI2N2O2. The highest BCUT2D eigenvalue weighted by molar-refractivity contribution is 14.1. The van der Waals surface area contributed by atoms with Gasteiger partial charge in [-0.2, -0.15) is 0 Å². The zero-order chi connectivity index (χ0) is 19.0. The van der Waals surface area contributed by atoms with Crippen molar-refractivity contribution < 1.29 is 9.21 Å². The van der Waals surface area contributed by atoms with Gasteiger partial charge in [0.25, 0.3) is 5.91 Å². The first-order valence-corrected chi connectivity index (χ1v) is 10.5. The van der Waals surface area contributed by atoms with Crippen LogP contribution in [0.25, 0.3) is 22.6 Å². The monoisotopic (exact) mass is 600 g/mol. The zero-order valence-electron chi connectivity index (χ0n) is 13.7. The Balaban J connectivity index is 1.62. The Bertz CT molecular complexity index is 1160. The van der Waals surface area contributed by atoms with Gasteiger partial charge in [0.15, 0.2) is 5.58 Å². The Morgan fingerprint density at radius 2 is 1.78 bits per heavy atom. The van der Waals surface area contributed by atoms with E-state index in [-0.39, 0.29) is 5.91 Å². The third-order valence-electron chi connectivity index (χ3n) is 3.91. The van der Waals surface area contributed by atoms with Gasteiger partial charge in [-0.05, 0) is 106 Å². The third-order valence-corrected chi connectivity index (χ3v) is 5.77. The van der Waals surface area contributed by atoms with E-state index in [2.05, 4.69) is 55.5 Å². The molecule has 0 aliphatic heterocycles. The molecule has 1 heterocycles. The van der Waals surface area contributed by atoms with Crippen molar-refractivity contribution in [1.82, 2.24) is 4.98 Å². The molecule has 0 radical (unpaired) electrons. The smallest absolute Gasteiger partial charge is 0.256 e. The molecule has 4 nitrogen and oxygen atoms in total. The molecule has 0 unspecified atom stereocenters. The van der Waals surface area contributed by atoms with Crippen molar-refractivity contribution in [1.29, 1.82) is 0 Å². The number of halogens is 3. The van der Waals surface area contributed by atoms with Gasteiger partial charge in [-0.3, -0.25) is 4.79 Å². The van der Waals surface area contributed by atoms with Crippen LogP contribution in [-0.4, -0.2) is 10.9 Å². The van der Waals surface area contributed by atoms with Crippen LogP contribution in [-0.2, 0) is 0 Å².